The van der Waals surface area contributed by atoms with Crippen LogP contribution in [0.3, 0.4) is 0 Å². The SMILES string of the molecule is C[S@](=O)c1c(-c2ccc(F)cc2)oc2ccc(Cl)cc12. The average molecular weight is 309 g/mol. The molecule has 0 saturated heterocycles. The predicted octanol–water partition coefficient (Wildman–Crippen LogP) is 4.63. The summed E-state index contributed by atoms with van der Waals surface area (Å²) in [4.78, 5) is 0.578. The molecule has 0 amide bonds. The van der Waals surface area contributed by atoms with E-state index in [2.05, 4.69) is 0 Å². The number of fused-ring (bicyclic) bond motifs is 1. The Kier molecular flexibility index (Phi) is 3.36. The second-order valence-electron chi connectivity index (χ2n) is 4.36. The normalized spacial score (nSPS) is 12.8. The van der Waals surface area contributed by atoms with Gasteiger partial charge in [0.25, 0.3) is 0 Å². The minimum Gasteiger partial charge on any atom is -0.455 e. The molecule has 0 radical (unpaired) electrons. The van der Waals surface area contributed by atoms with Crippen molar-refractivity contribution in [3.63, 3.8) is 0 Å². The van der Waals surface area contributed by atoms with Crippen molar-refractivity contribution in [2.45, 2.75) is 4.90 Å². The first-order valence-electron chi connectivity index (χ1n) is 5.87. The minimum absolute atomic E-state index is 0.327. The zero-order valence-electron chi connectivity index (χ0n) is 10.5. The van der Waals surface area contributed by atoms with E-state index in [1.54, 1.807) is 36.6 Å². The highest BCUT2D eigenvalue weighted by Crippen LogP contribution is 2.36. The van der Waals surface area contributed by atoms with E-state index in [0.717, 1.165) is 5.39 Å². The number of furan rings is 1. The van der Waals surface area contributed by atoms with E-state index in [1.807, 2.05) is 0 Å². The molecule has 0 fully saturated rings. The Balaban J connectivity index is 2.32. The van der Waals surface area contributed by atoms with Crippen LogP contribution >= 0.6 is 11.6 Å². The van der Waals surface area contributed by atoms with Gasteiger partial charge in [0.1, 0.15) is 11.4 Å². The topological polar surface area (TPSA) is 30.2 Å². The first kappa shape index (κ1) is 13.3. The minimum atomic E-state index is -1.24. The summed E-state index contributed by atoms with van der Waals surface area (Å²) < 4.78 is 30.8. The third-order valence-corrected chi connectivity index (χ3v) is 4.21. The number of rotatable bonds is 2. The van der Waals surface area contributed by atoms with Gasteiger partial charge in [0.15, 0.2) is 5.76 Å². The van der Waals surface area contributed by atoms with Crippen LogP contribution in [0.2, 0.25) is 5.02 Å². The van der Waals surface area contributed by atoms with Gasteiger partial charge in [-0.25, -0.2) is 4.39 Å². The van der Waals surface area contributed by atoms with Gasteiger partial charge in [-0.15, -0.1) is 0 Å². The summed E-state index contributed by atoms with van der Waals surface area (Å²) in [7, 11) is -1.24. The van der Waals surface area contributed by atoms with Crippen LogP contribution in [0.1, 0.15) is 0 Å². The standard InChI is InChI=1S/C15H10ClFO2S/c1-20(18)15-12-8-10(16)4-7-13(12)19-14(15)9-2-5-11(17)6-3-9/h2-8H,1H3/t20-/m0/s1. The van der Waals surface area contributed by atoms with E-state index in [1.165, 1.54) is 12.1 Å². The van der Waals surface area contributed by atoms with Gasteiger partial charge in [-0.3, -0.25) is 4.21 Å². The van der Waals surface area contributed by atoms with E-state index < -0.39 is 10.8 Å². The molecule has 0 aliphatic rings. The maximum atomic E-state index is 13.0. The molecule has 3 aromatic rings. The summed E-state index contributed by atoms with van der Waals surface area (Å²) in [6.07, 6.45) is 1.58. The van der Waals surface area contributed by atoms with E-state index in [9.17, 15) is 8.60 Å². The molecule has 0 spiro atoms. The van der Waals surface area contributed by atoms with Crippen LogP contribution in [0.25, 0.3) is 22.3 Å². The van der Waals surface area contributed by atoms with Crippen molar-refractivity contribution in [3.05, 3.63) is 53.3 Å². The Labute approximate surface area is 122 Å². The zero-order valence-corrected chi connectivity index (χ0v) is 12.1. The fraction of sp³-hybridized carbons (Fsp3) is 0.0667. The summed E-state index contributed by atoms with van der Waals surface area (Å²) in [6, 6.07) is 11.1. The first-order chi connectivity index (χ1) is 9.56. The lowest BCUT2D eigenvalue weighted by molar-refractivity contribution is 0.618. The van der Waals surface area contributed by atoms with Gasteiger partial charge in [-0.2, -0.15) is 0 Å². The highest BCUT2D eigenvalue weighted by Gasteiger charge is 2.19. The Morgan fingerprint density at radius 3 is 2.50 bits per heavy atom. The van der Waals surface area contributed by atoms with Gasteiger partial charge in [0.05, 0.1) is 15.7 Å². The zero-order chi connectivity index (χ0) is 14.3. The van der Waals surface area contributed by atoms with Crippen LogP contribution in [0.5, 0.6) is 0 Å². The van der Waals surface area contributed by atoms with Crippen LogP contribution in [0, 0.1) is 5.82 Å². The number of benzene rings is 2. The van der Waals surface area contributed by atoms with Crippen molar-refractivity contribution in [2.24, 2.45) is 0 Å². The highest BCUT2D eigenvalue weighted by molar-refractivity contribution is 7.84. The molecule has 102 valence electrons. The number of halogens is 2. The lowest BCUT2D eigenvalue weighted by Gasteiger charge is -2.00. The first-order valence-corrected chi connectivity index (χ1v) is 7.81. The second kappa shape index (κ2) is 5.04. The quantitative estimate of drug-likeness (QED) is 0.691. The number of hydrogen-bond acceptors (Lipinski definition) is 2. The van der Waals surface area contributed by atoms with Gasteiger partial charge in [0, 0.05) is 22.2 Å². The Bertz CT molecular complexity index is 809. The molecule has 1 aromatic heterocycles. The maximum Gasteiger partial charge on any atom is 0.151 e. The molecule has 0 unspecified atom stereocenters. The average Bonchev–Trinajstić information content (AvgIpc) is 2.78. The largest absolute Gasteiger partial charge is 0.455 e. The van der Waals surface area contributed by atoms with E-state index >= 15 is 0 Å². The van der Waals surface area contributed by atoms with Gasteiger partial charge < -0.3 is 4.42 Å². The van der Waals surface area contributed by atoms with Gasteiger partial charge >= 0.3 is 0 Å². The molecule has 0 saturated carbocycles. The molecule has 1 atom stereocenters. The van der Waals surface area contributed by atoms with Crippen LogP contribution < -0.4 is 0 Å². The molecule has 0 aliphatic carbocycles. The molecule has 1 heterocycles. The molecule has 0 aliphatic heterocycles. The number of hydrogen-bond donors (Lipinski definition) is 0. The molecule has 20 heavy (non-hydrogen) atoms. The monoisotopic (exact) mass is 308 g/mol. The molecular formula is C15H10ClFO2S. The summed E-state index contributed by atoms with van der Waals surface area (Å²) >= 11 is 5.98. The van der Waals surface area contributed by atoms with Gasteiger partial charge in [-0.1, -0.05) is 11.6 Å². The highest BCUT2D eigenvalue weighted by atomic mass is 35.5. The van der Waals surface area contributed by atoms with Crippen molar-refractivity contribution < 1.29 is 13.0 Å². The van der Waals surface area contributed by atoms with Crippen LogP contribution in [-0.4, -0.2) is 10.5 Å². The summed E-state index contributed by atoms with van der Waals surface area (Å²) in [5.74, 6) is 0.162. The second-order valence-corrected chi connectivity index (χ2v) is 6.11. The van der Waals surface area contributed by atoms with Crippen molar-refractivity contribution >= 4 is 33.4 Å². The van der Waals surface area contributed by atoms with E-state index in [0.29, 0.717) is 26.8 Å². The molecular weight excluding hydrogens is 299 g/mol. The Morgan fingerprint density at radius 1 is 1.15 bits per heavy atom. The predicted molar refractivity (Wildman–Crippen MR) is 79.0 cm³/mol. The third kappa shape index (κ3) is 2.25. The summed E-state index contributed by atoms with van der Waals surface area (Å²) in [6.45, 7) is 0. The van der Waals surface area contributed by atoms with Crippen LogP contribution in [0.15, 0.2) is 51.8 Å². The fourth-order valence-electron chi connectivity index (χ4n) is 2.12. The van der Waals surface area contributed by atoms with Gasteiger partial charge in [0.2, 0.25) is 0 Å². The lowest BCUT2D eigenvalue weighted by atomic mass is 10.1. The summed E-state index contributed by atoms with van der Waals surface area (Å²) in [5, 5.41) is 1.27. The van der Waals surface area contributed by atoms with Crippen LogP contribution in [0.4, 0.5) is 4.39 Å². The molecule has 0 N–H and O–H groups in total. The van der Waals surface area contributed by atoms with E-state index in [-0.39, 0.29) is 5.82 Å². The molecule has 2 aromatic carbocycles. The smallest absolute Gasteiger partial charge is 0.151 e. The van der Waals surface area contributed by atoms with Gasteiger partial charge in [-0.05, 0) is 42.5 Å². The maximum absolute atomic E-state index is 13.0. The third-order valence-electron chi connectivity index (χ3n) is 3.00. The van der Waals surface area contributed by atoms with Crippen molar-refractivity contribution in [1.29, 1.82) is 0 Å². The molecule has 5 heteroatoms. The molecule has 0 bridgehead atoms. The lowest BCUT2D eigenvalue weighted by Crippen LogP contribution is -1.89. The summed E-state index contributed by atoms with van der Waals surface area (Å²) in [5.41, 5.74) is 1.29. The van der Waals surface area contributed by atoms with Crippen molar-refractivity contribution in [1.82, 2.24) is 0 Å². The Hall–Kier alpha value is -1.65. The molecule has 3 rings (SSSR count). The van der Waals surface area contributed by atoms with Crippen molar-refractivity contribution in [3.8, 4) is 11.3 Å². The van der Waals surface area contributed by atoms with E-state index in [4.69, 9.17) is 16.0 Å². The molecule has 2 nitrogen and oxygen atoms in total. The Morgan fingerprint density at radius 2 is 1.85 bits per heavy atom. The van der Waals surface area contributed by atoms with Crippen molar-refractivity contribution in [2.75, 3.05) is 6.26 Å². The van der Waals surface area contributed by atoms with Crippen LogP contribution in [-0.2, 0) is 10.8 Å². The fourth-order valence-corrected chi connectivity index (χ4v) is 3.19.